The standard InChI is InChI=1S/C18H19FN4O2/c1-20-17-15(3-2-8-21-17)18(25)23-10-9-22(16(24)12-23)11-13-4-6-14(19)7-5-13/h2-8H,9-12H2,1H3,(H,20,21). The first-order valence-corrected chi connectivity index (χ1v) is 8.02. The lowest BCUT2D eigenvalue weighted by molar-refractivity contribution is -0.135. The number of benzene rings is 1. The van der Waals surface area contributed by atoms with E-state index in [0.29, 0.717) is 31.0 Å². The molecule has 25 heavy (non-hydrogen) atoms. The lowest BCUT2D eigenvalue weighted by Gasteiger charge is -2.34. The molecule has 2 aromatic rings. The quantitative estimate of drug-likeness (QED) is 0.919. The van der Waals surface area contributed by atoms with Gasteiger partial charge in [-0.15, -0.1) is 0 Å². The van der Waals surface area contributed by atoms with Gasteiger partial charge in [-0.1, -0.05) is 12.1 Å². The summed E-state index contributed by atoms with van der Waals surface area (Å²) in [6.07, 6.45) is 1.61. The Morgan fingerprint density at radius 1 is 1.24 bits per heavy atom. The van der Waals surface area contributed by atoms with Crippen LogP contribution in [0.15, 0.2) is 42.6 Å². The maximum Gasteiger partial charge on any atom is 0.258 e. The van der Waals surface area contributed by atoms with E-state index < -0.39 is 0 Å². The minimum Gasteiger partial charge on any atom is -0.372 e. The summed E-state index contributed by atoms with van der Waals surface area (Å²) in [5.41, 5.74) is 1.31. The summed E-state index contributed by atoms with van der Waals surface area (Å²) in [5.74, 6) is -0.151. The van der Waals surface area contributed by atoms with E-state index in [-0.39, 0.29) is 24.2 Å². The summed E-state index contributed by atoms with van der Waals surface area (Å²) < 4.78 is 13.0. The van der Waals surface area contributed by atoms with Crippen molar-refractivity contribution in [3.05, 3.63) is 59.5 Å². The molecule has 2 heterocycles. The topological polar surface area (TPSA) is 65.5 Å². The van der Waals surface area contributed by atoms with E-state index in [1.807, 2.05) is 0 Å². The van der Waals surface area contributed by atoms with Gasteiger partial charge in [0, 0.05) is 32.9 Å². The van der Waals surface area contributed by atoms with Gasteiger partial charge < -0.3 is 15.1 Å². The Balaban J connectivity index is 1.66. The number of aromatic nitrogens is 1. The fourth-order valence-corrected chi connectivity index (χ4v) is 2.81. The van der Waals surface area contributed by atoms with Crippen LogP contribution in [-0.2, 0) is 11.3 Å². The van der Waals surface area contributed by atoms with Crippen LogP contribution < -0.4 is 5.32 Å². The van der Waals surface area contributed by atoms with E-state index >= 15 is 0 Å². The molecule has 0 unspecified atom stereocenters. The predicted molar refractivity (Wildman–Crippen MR) is 91.5 cm³/mol. The van der Waals surface area contributed by atoms with Gasteiger partial charge in [0.1, 0.15) is 18.2 Å². The van der Waals surface area contributed by atoms with Gasteiger partial charge in [0.2, 0.25) is 5.91 Å². The number of rotatable bonds is 4. The average Bonchev–Trinajstić information content (AvgIpc) is 2.64. The Labute approximate surface area is 145 Å². The molecule has 1 aromatic heterocycles. The van der Waals surface area contributed by atoms with Gasteiger partial charge in [0.25, 0.3) is 5.91 Å². The van der Waals surface area contributed by atoms with Crippen molar-refractivity contribution in [2.75, 3.05) is 32.0 Å². The highest BCUT2D eigenvalue weighted by Crippen LogP contribution is 2.17. The molecule has 6 nitrogen and oxygen atoms in total. The average molecular weight is 342 g/mol. The van der Waals surface area contributed by atoms with Crippen LogP contribution in [0, 0.1) is 5.82 Å². The van der Waals surface area contributed by atoms with Gasteiger partial charge in [-0.3, -0.25) is 9.59 Å². The Kier molecular flexibility index (Phi) is 4.92. The van der Waals surface area contributed by atoms with Crippen molar-refractivity contribution in [1.29, 1.82) is 0 Å². The van der Waals surface area contributed by atoms with E-state index in [1.54, 1.807) is 42.4 Å². The van der Waals surface area contributed by atoms with Crippen molar-refractivity contribution in [1.82, 2.24) is 14.8 Å². The van der Waals surface area contributed by atoms with E-state index in [0.717, 1.165) is 5.56 Å². The summed E-state index contributed by atoms with van der Waals surface area (Å²) in [7, 11) is 1.70. The summed E-state index contributed by atoms with van der Waals surface area (Å²) in [6, 6.07) is 9.46. The number of anilines is 1. The second kappa shape index (κ2) is 7.29. The normalized spacial score (nSPS) is 14.6. The van der Waals surface area contributed by atoms with Gasteiger partial charge in [0.15, 0.2) is 0 Å². The number of amides is 2. The molecule has 0 saturated carbocycles. The molecular weight excluding hydrogens is 323 g/mol. The van der Waals surface area contributed by atoms with Crippen LogP contribution in [0.3, 0.4) is 0 Å². The van der Waals surface area contributed by atoms with E-state index in [1.165, 1.54) is 17.0 Å². The van der Waals surface area contributed by atoms with Gasteiger partial charge in [-0.25, -0.2) is 9.37 Å². The Morgan fingerprint density at radius 3 is 2.68 bits per heavy atom. The zero-order valence-electron chi connectivity index (χ0n) is 13.9. The van der Waals surface area contributed by atoms with Crippen LogP contribution in [0.1, 0.15) is 15.9 Å². The monoisotopic (exact) mass is 342 g/mol. The number of halogens is 1. The van der Waals surface area contributed by atoms with Crippen molar-refractivity contribution in [2.24, 2.45) is 0 Å². The van der Waals surface area contributed by atoms with Crippen molar-refractivity contribution in [3.8, 4) is 0 Å². The largest absolute Gasteiger partial charge is 0.372 e. The molecule has 1 aliphatic rings. The number of nitrogens with one attached hydrogen (secondary N) is 1. The molecule has 1 aliphatic heterocycles. The van der Waals surface area contributed by atoms with Crippen molar-refractivity contribution in [3.63, 3.8) is 0 Å². The highest BCUT2D eigenvalue weighted by Gasteiger charge is 2.28. The van der Waals surface area contributed by atoms with Crippen LogP contribution in [0.25, 0.3) is 0 Å². The second-order valence-electron chi connectivity index (χ2n) is 5.82. The van der Waals surface area contributed by atoms with Gasteiger partial charge in [0.05, 0.1) is 5.56 Å². The summed E-state index contributed by atoms with van der Waals surface area (Å²) in [6.45, 7) is 1.33. The Bertz CT molecular complexity index is 779. The molecule has 0 aliphatic carbocycles. The van der Waals surface area contributed by atoms with Gasteiger partial charge in [-0.2, -0.15) is 0 Å². The van der Waals surface area contributed by atoms with Gasteiger partial charge >= 0.3 is 0 Å². The minimum atomic E-state index is -0.303. The maximum absolute atomic E-state index is 13.0. The van der Waals surface area contributed by atoms with Crippen LogP contribution in [0.2, 0.25) is 0 Å². The van der Waals surface area contributed by atoms with Crippen LogP contribution in [0.5, 0.6) is 0 Å². The number of hydrogen-bond acceptors (Lipinski definition) is 4. The van der Waals surface area contributed by atoms with Crippen molar-refractivity contribution >= 4 is 17.6 Å². The molecule has 1 aromatic carbocycles. The molecule has 0 spiro atoms. The van der Waals surface area contributed by atoms with Crippen LogP contribution in [-0.4, -0.2) is 53.3 Å². The number of pyridine rings is 1. The fraction of sp³-hybridized carbons (Fsp3) is 0.278. The van der Waals surface area contributed by atoms with Gasteiger partial charge in [-0.05, 0) is 29.8 Å². The SMILES string of the molecule is CNc1ncccc1C(=O)N1CCN(Cc2ccc(F)cc2)C(=O)C1. The number of piperazine rings is 1. The fourth-order valence-electron chi connectivity index (χ4n) is 2.81. The van der Waals surface area contributed by atoms with E-state index in [4.69, 9.17) is 0 Å². The zero-order chi connectivity index (χ0) is 17.8. The first kappa shape index (κ1) is 16.9. The predicted octanol–water partition coefficient (Wildman–Crippen LogP) is 1.75. The zero-order valence-corrected chi connectivity index (χ0v) is 13.9. The first-order valence-electron chi connectivity index (χ1n) is 8.02. The van der Waals surface area contributed by atoms with Crippen LogP contribution >= 0.6 is 0 Å². The highest BCUT2D eigenvalue weighted by atomic mass is 19.1. The minimum absolute atomic E-state index is 0.0259. The molecule has 130 valence electrons. The molecular formula is C18H19FN4O2. The molecule has 2 amide bonds. The highest BCUT2D eigenvalue weighted by molar-refractivity contribution is 6.00. The van der Waals surface area contributed by atoms with E-state index in [2.05, 4.69) is 10.3 Å². The molecule has 1 saturated heterocycles. The van der Waals surface area contributed by atoms with Crippen molar-refractivity contribution < 1.29 is 14.0 Å². The molecule has 3 rings (SSSR count). The molecule has 0 radical (unpaired) electrons. The van der Waals surface area contributed by atoms with Crippen molar-refractivity contribution in [2.45, 2.75) is 6.54 Å². The molecule has 0 bridgehead atoms. The molecule has 0 atom stereocenters. The summed E-state index contributed by atoms with van der Waals surface area (Å²) in [4.78, 5) is 32.4. The maximum atomic E-state index is 13.0. The number of nitrogens with zero attached hydrogens (tertiary/aromatic N) is 3. The lowest BCUT2D eigenvalue weighted by Crippen LogP contribution is -2.51. The second-order valence-corrected chi connectivity index (χ2v) is 5.82. The number of carbonyl (C=O) groups excluding carboxylic acids is 2. The summed E-state index contributed by atoms with van der Waals surface area (Å²) >= 11 is 0. The molecule has 1 fully saturated rings. The lowest BCUT2D eigenvalue weighted by atomic mass is 10.1. The smallest absolute Gasteiger partial charge is 0.258 e. The first-order chi connectivity index (χ1) is 12.1. The summed E-state index contributed by atoms with van der Waals surface area (Å²) in [5, 5.41) is 2.89. The third kappa shape index (κ3) is 3.76. The third-order valence-corrected chi connectivity index (χ3v) is 4.17. The Hall–Kier alpha value is -2.96. The Morgan fingerprint density at radius 2 is 2.00 bits per heavy atom. The van der Waals surface area contributed by atoms with Crippen LogP contribution in [0.4, 0.5) is 10.2 Å². The number of hydrogen-bond donors (Lipinski definition) is 1. The number of carbonyl (C=O) groups is 2. The molecule has 1 N–H and O–H groups in total. The third-order valence-electron chi connectivity index (χ3n) is 4.17. The van der Waals surface area contributed by atoms with E-state index in [9.17, 15) is 14.0 Å². The molecule has 7 heteroatoms.